The fraction of sp³-hybridized carbons (Fsp3) is 0.625. The van der Waals surface area contributed by atoms with E-state index in [9.17, 15) is 4.79 Å². The van der Waals surface area contributed by atoms with E-state index < -0.39 is 0 Å². The molecule has 2 heterocycles. The Morgan fingerprint density at radius 1 is 1.29 bits per heavy atom. The molecule has 0 spiro atoms. The predicted octanol–water partition coefficient (Wildman–Crippen LogP) is 3.30. The van der Waals surface area contributed by atoms with Crippen LogP contribution in [0.15, 0.2) is 18.3 Å². The van der Waals surface area contributed by atoms with Crippen LogP contribution in [0.4, 0.5) is 0 Å². The van der Waals surface area contributed by atoms with Crippen LogP contribution in [0.1, 0.15) is 48.9 Å². The fourth-order valence-corrected chi connectivity index (χ4v) is 3.40. The standard InChI is InChI=1S/C16H21ClN2O2/c17-15-8-7-12(10-18-15)16(20)19(13-4-1-2-5-13)11-14-6-3-9-21-14/h7-8,10,13-14H,1-6,9,11H2. The third kappa shape index (κ3) is 3.55. The molecule has 0 N–H and O–H groups in total. The van der Waals surface area contributed by atoms with Crippen molar-refractivity contribution in [2.24, 2.45) is 0 Å². The molecular weight excluding hydrogens is 288 g/mol. The molecule has 1 aromatic heterocycles. The maximum absolute atomic E-state index is 12.8. The summed E-state index contributed by atoms with van der Waals surface area (Å²) in [4.78, 5) is 18.9. The van der Waals surface area contributed by atoms with Crippen molar-refractivity contribution in [2.45, 2.75) is 50.7 Å². The fourth-order valence-electron chi connectivity index (χ4n) is 3.29. The van der Waals surface area contributed by atoms with Crippen molar-refractivity contribution >= 4 is 17.5 Å². The third-order valence-corrected chi connectivity index (χ3v) is 4.65. The number of rotatable bonds is 4. The van der Waals surface area contributed by atoms with Gasteiger partial charge in [-0.3, -0.25) is 4.79 Å². The van der Waals surface area contributed by atoms with Gasteiger partial charge in [-0.15, -0.1) is 0 Å². The van der Waals surface area contributed by atoms with Crippen LogP contribution in [0.25, 0.3) is 0 Å². The van der Waals surface area contributed by atoms with E-state index in [1.54, 1.807) is 18.3 Å². The van der Waals surface area contributed by atoms with Crippen molar-refractivity contribution in [1.82, 2.24) is 9.88 Å². The number of carbonyl (C=O) groups excluding carboxylic acids is 1. The summed E-state index contributed by atoms with van der Waals surface area (Å²) in [7, 11) is 0. The van der Waals surface area contributed by atoms with Crippen LogP contribution in [-0.2, 0) is 4.74 Å². The van der Waals surface area contributed by atoms with E-state index in [2.05, 4.69) is 4.98 Å². The second-order valence-electron chi connectivity index (χ2n) is 5.90. The number of hydrogen-bond donors (Lipinski definition) is 0. The summed E-state index contributed by atoms with van der Waals surface area (Å²) < 4.78 is 5.72. The lowest BCUT2D eigenvalue weighted by Crippen LogP contribution is -2.43. The van der Waals surface area contributed by atoms with Gasteiger partial charge in [0.25, 0.3) is 5.91 Å². The van der Waals surface area contributed by atoms with E-state index in [0.717, 1.165) is 32.3 Å². The Bertz CT molecular complexity index is 480. The number of ether oxygens (including phenoxy) is 1. The highest BCUT2D eigenvalue weighted by Gasteiger charge is 2.30. The van der Waals surface area contributed by atoms with Crippen molar-refractivity contribution in [2.75, 3.05) is 13.2 Å². The highest BCUT2D eigenvalue weighted by atomic mass is 35.5. The minimum atomic E-state index is 0.0570. The molecule has 0 radical (unpaired) electrons. The van der Waals surface area contributed by atoms with Crippen LogP contribution < -0.4 is 0 Å². The molecular formula is C16H21ClN2O2. The van der Waals surface area contributed by atoms with Crippen molar-refractivity contribution in [1.29, 1.82) is 0 Å². The molecule has 1 aliphatic heterocycles. The SMILES string of the molecule is O=C(c1ccc(Cl)nc1)N(CC1CCCO1)C1CCCC1. The van der Waals surface area contributed by atoms with Crippen LogP contribution in [0, 0.1) is 0 Å². The molecule has 3 rings (SSSR count). The lowest BCUT2D eigenvalue weighted by molar-refractivity contribution is 0.0420. The lowest BCUT2D eigenvalue weighted by Gasteiger charge is -2.31. The highest BCUT2D eigenvalue weighted by Crippen LogP contribution is 2.27. The van der Waals surface area contributed by atoms with Crippen LogP contribution in [-0.4, -0.2) is 41.1 Å². The highest BCUT2D eigenvalue weighted by molar-refractivity contribution is 6.29. The zero-order valence-corrected chi connectivity index (χ0v) is 12.9. The summed E-state index contributed by atoms with van der Waals surface area (Å²) in [6.45, 7) is 1.52. The minimum Gasteiger partial charge on any atom is -0.376 e. The predicted molar refractivity (Wildman–Crippen MR) is 81.5 cm³/mol. The first-order valence-corrected chi connectivity index (χ1v) is 8.16. The molecule has 1 saturated heterocycles. The largest absolute Gasteiger partial charge is 0.376 e. The molecule has 1 aromatic rings. The number of hydrogen-bond acceptors (Lipinski definition) is 3. The Morgan fingerprint density at radius 3 is 2.71 bits per heavy atom. The van der Waals surface area contributed by atoms with Crippen LogP contribution in [0.3, 0.4) is 0 Å². The van der Waals surface area contributed by atoms with Gasteiger partial charge < -0.3 is 9.64 Å². The van der Waals surface area contributed by atoms with E-state index in [-0.39, 0.29) is 12.0 Å². The van der Waals surface area contributed by atoms with Gasteiger partial charge in [0.2, 0.25) is 0 Å². The van der Waals surface area contributed by atoms with Gasteiger partial charge in [-0.1, -0.05) is 24.4 Å². The zero-order valence-electron chi connectivity index (χ0n) is 12.1. The second kappa shape index (κ2) is 6.75. The van der Waals surface area contributed by atoms with E-state index in [1.807, 2.05) is 4.90 Å². The number of amides is 1. The monoisotopic (exact) mass is 308 g/mol. The third-order valence-electron chi connectivity index (χ3n) is 4.42. The molecule has 21 heavy (non-hydrogen) atoms. The molecule has 4 nitrogen and oxygen atoms in total. The van der Waals surface area contributed by atoms with E-state index in [4.69, 9.17) is 16.3 Å². The minimum absolute atomic E-state index is 0.0570. The molecule has 0 aromatic carbocycles. The van der Waals surface area contributed by atoms with Crippen molar-refractivity contribution in [3.8, 4) is 0 Å². The molecule has 5 heteroatoms. The van der Waals surface area contributed by atoms with Gasteiger partial charge in [0.15, 0.2) is 0 Å². The summed E-state index contributed by atoms with van der Waals surface area (Å²) in [5.41, 5.74) is 0.615. The smallest absolute Gasteiger partial charge is 0.255 e. The Hall–Kier alpha value is -1.13. The number of carbonyl (C=O) groups is 1. The van der Waals surface area contributed by atoms with Crippen LogP contribution in [0.5, 0.6) is 0 Å². The van der Waals surface area contributed by atoms with Gasteiger partial charge in [0.1, 0.15) is 5.15 Å². The Morgan fingerprint density at radius 2 is 2.10 bits per heavy atom. The van der Waals surface area contributed by atoms with E-state index in [0.29, 0.717) is 23.3 Å². The summed E-state index contributed by atoms with van der Waals surface area (Å²) in [6.07, 6.45) is 8.52. The molecule has 114 valence electrons. The quantitative estimate of drug-likeness (QED) is 0.802. The van der Waals surface area contributed by atoms with Gasteiger partial charge in [-0.25, -0.2) is 4.98 Å². The normalized spacial score (nSPS) is 22.6. The second-order valence-corrected chi connectivity index (χ2v) is 6.29. The van der Waals surface area contributed by atoms with Gasteiger partial charge in [-0.05, 0) is 37.8 Å². The summed E-state index contributed by atoms with van der Waals surface area (Å²) >= 11 is 5.80. The van der Waals surface area contributed by atoms with Crippen molar-refractivity contribution < 1.29 is 9.53 Å². The van der Waals surface area contributed by atoms with Gasteiger partial charge >= 0.3 is 0 Å². The molecule has 1 aliphatic carbocycles. The molecule has 1 saturated carbocycles. The van der Waals surface area contributed by atoms with Crippen molar-refractivity contribution in [3.63, 3.8) is 0 Å². The summed E-state index contributed by atoms with van der Waals surface area (Å²) in [5.74, 6) is 0.0570. The number of halogens is 1. The molecule has 1 atom stereocenters. The number of pyridine rings is 1. The first kappa shape index (κ1) is 14.8. The lowest BCUT2D eigenvalue weighted by atomic mass is 10.1. The maximum atomic E-state index is 12.8. The van der Waals surface area contributed by atoms with Gasteiger partial charge in [0, 0.05) is 25.4 Å². The molecule has 2 fully saturated rings. The van der Waals surface area contributed by atoms with Crippen LogP contribution >= 0.6 is 11.6 Å². The summed E-state index contributed by atoms with van der Waals surface area (Å²) in [6, 6.07) is 3.78. The Kier molecular flexibility index (Phi) is 4.76. The molecule has 0 bridgehead atoms. The van der Waals surface area contributed by atoms with Crippen LogP contribution in [0.2, 0.25) is 5.15 Å². The zero-order chi connectivity index (χ0) is 14.7. The maximum Gasteiger partial charge on any atom is 0.255 e. The van der Waals surface area contributed by atoms with Gasteiger partial charge in [-0.2, -0.15) is 0 Å². The first-order chi connectivity index (χ1) is 10.2. The van der Waals surface area contributed by atoms with Gasteiger partial charge in [0.05, 0.1) is 11.7 Å². The molecule has 1 unspecified atom stereocenters. The molecule has 2 aliphatic rings. The van der Waals surface area contributed by atoms with E-state index >= 15 is 0 Å². The first-order valence-electron chi connectivity index (χ1n) is 7.78. The number of aromatic nitrogens is 1. The number of nitrogens with zero attached hydrogens (tertiary/aromatic N) is 2. The van der Waals surface area contributed by atoms with Crippen molar-refractivity contribution in [3.05, 3.63) is 29.0 Å². The summed E-state index contributed by atoms with van der Waals surface area (Å²) in [5, 5.41) is 0.415. The average Bonchev–Trinajstić information content (AvgIpc) is 3.18. The topological polar surface area (TPSA) is 42.4 Å². The molecule has 1 amide bonds. The Labute approximate surface area is 130 Å². The Balaban J connectivity index is 1.76. The van der Waals surface area contributed by atoms with E-state index in [1.165, 1.54) is 12.8 Å². The average molecular weight is 309 g/mol.